The van der Waals surface area contributed by atoms with Crippen LogP contribution >= 0.6 is 11.6 Å². The molecule has 1 amide bonds. The van der Waals surface area contributed by atoms with Gasteiger partial charge in [0, 0.05) is 36.8 Å². The van der Waals surface area contributed by atoms with Gasteiger partial charge in [-0.15, -0.1) is 0 Å². The zero-order valence-corrected chi connectivity index (χ0v) is 17.5. The largest absolute Gasteiger partial charge is 0.484 e. The van der Waals surface area contributed by atoms with Gasteiger partial charge in [-0.3, -0.25) is 9.69 Å². The molecule has 1 aliphatic heterocycles. The summed E-state index contributed by atoms with van der Waals surface area (Å²) in [4.78, 5) is 20.9. The van der Waals surface area contributed by atoms with Crippen LogP contribution in [0.25, 0.3) is 11.4 Å². The Labute approximate surface area is 180 Å². The lowest BCUT2D eigenvalue weighted by Crippen LogP contribution is -2.49. The molecular weight excluding hydrogens is 404 g/mol. The average molecular weight is 427 g/mol. The molecule has 1 fully saturated rings. The van der Waals surface area contributed by atoms with Crippen molar-refractivity contribution in [1.29, 1.82) is 0 Å². The van der Waals surface area contributed by atoms with E-state index in [9.17, 15) is 4.79 Å². The van der Waals surface area contributed by atoms with Crippen molar-refractivity contribution in [1.82, 2.24) is 19.9 Å². The number of amides is 1. The van der Waals surface area contributed by atoms with Crippen molar-refractivity contribution in [3.8, 4) is 17.1 Å². The third-order valence-corrected chi connectivity index (χ3v) is 5.26. The predicted octanol–water partition coefficient (Wildman–Crippen LogP) is 3.42. The number of rotatable bonds is 6. The summed E-state index contributed by atoms with van der Waals surface area (Å²) in [6.07, 6.45) is 0. The summed E-state index contributed by atoms with van der Waals surface area (Å²) in [5, 5.41) is 4.71. The van der Waals surface area contributed by atoms with Crippen LogP contribution in [-0.4, -0.2) is 58.6 Å². The molecule has 7 nitrogen and oxygen atoms in total. The molecule has 0 saturated carbocycles. The third kappa shape index (κ3) is 5.17. The summed E-state index contributed by atoms with van der Waals surface area (Å²) >= 11 is 5.92. The maximum absolute atomic E-state index is 12.4. The van der Waals surface area contributed by atoms with Crippen LogP contribution in [0.4, 0.5) is 0 Å². The lowest BCUT2D eigenvalue weighted by atomic mass is 10.2. The molecule has 0 N–H and O–H groups in total. The molecule has 3 aromatic rings. The first-order valence-electron chi connectivity index (χ1n) is 9.85. The van der Waals surface area contributed by atoms with Crippen molar-refractivity contribution in [2.75, 3.05) is 32.8 Å². The monoisotopic (exact) mass is 426 g/mol. The lowest BCUT2D eigenvalue weighted by molar-refractivity contribution is -0.135. The van der Waals surface area contributed by atoms with Gasteiger partial charge in [0.2, 0.25) is 11.7 Å². The van der Waals surface area contributed by atoms with Gasteiger partial charge in [0.1, 0.15) is 5.75 Å². The fourth-order valence-corrected chi connectivity index (χ4v) is 3.45. The van der Waals surface area contributed by atoms with Gasteiger partial charge in [0.15, 0.2) is 6.61 Å². The topological polar surface area (TPSA) is 71.7 Å². The second-order valence-corrected chi connectivity index (χ2v) is 7.72. The molecule has 8 heteroatoms. The third-order valence-electron chi connectivity index (χ3n) is 5.01. The molecule has 156 valence electrons. The molecule has 2 heterocycles. The number of carbonyl (C=O) groups excluding carboxylic acids is 1. The number of hydrogen-bond donors (Lipinski definition) is 0. The number of piperazine rings is 1. The summed E-state index contributed by atoms with van der Waals surface area (Å²) < 4.78 is 11.0. The van der Waals surface area contributed by atoms with E-state index in [2.05, 4.69) is 15.0 Å². The van der Waals surface area contributed by atoms with E-state index in [1.807, 2.05) is 48.2 Å². The fourth-order valence-electron chi connectivity index (χ4n) is 3.32. The zero-order chi connectivity index (χ0) is 20.9. The van der Waals surface area contributed by atoms with Crippen LogP contribution in [0.5, 0.6) is 5.75 Å². The number of aryl methyl sites for hydroxylation is 1. The number of carbonyl (C=O) groups is 1. The minimum Gasteiger partial charge on any atom is -0.484 e. The quantitative estimate of drug-likeness (QED) is 0.601. The Kier molecular flexibility index (Phi) is 6.30. The number of nitrogens with zero attached hydrogens (tertiary/aromatic N) is 4. The summed E-state index contributed by atoms with van der Waals surface area (Å²) in [6, 6.07) is 15.0. The summed E-state index contributed by atoms with van der Waals surface area (Å²) in [5.41, 5.74) is 1.97. The summed E-state index contributed by atoms with van der Waals surface area (Å²) in [5.74, 6) is 1.82. The Hall–Kier alpha value is -2.90. The molecule has 2 aromatic carbocycles. The SMILES string of the molecule is Cc1cccc(OCC(=O)N2CCN(Cc3nc(-c4ccc(Cl)cc4)no3)CC2)c1. The van der Waals surface area contributed by atoms with Crippen LogP contribution in [0.1, 0.15) is 11.5 Å². The molecule has 4 rings (SSSR count). The van der Waals surface area contributed by atoms with Crippen LogP contribution in [-0.2, 0) is 11.3 Å². The first-order chi connectivity index (χ1) is 14.6. The second kappa shape index (κ2) is 9.28. The number of ether oxygens (including phenoxy) is 1. The van der Waals surface area contributed by atoms with E-state index in [1.165, 1.54) is 0 Å². The molecule has 0 unspecified atom stereocenters. The molecule has 0 atom stereocenters. The summed E-state index contributed by atoms with van der Waals surface area (Å²) in [7, 11) is 0. The van der Waals surface area contributed by atoms with E-state index in [4.69, 9.17) is 20.9 Å². The molecule has 1 saturated heterocycles. The van der Waals surface area contributed by atoms with E-state index in [0.29, 0.717) is 36.4 Å². The lowest BCUT2D eigenvalue weighted by Gasteiger charge is -2.33. The zero-order valence-electron chi connectivity index (χ0n) is 16.8. The van der Waals surface area contributed by atoms with Crippen molar-refractivity contribution in [3.05, 3.63) is 65.0 Å². The fraction of sp³-hybridized carbons (Fsp3) is 0.318. The van der Waals surface area contributed by atoms with Gasteiger partial charge < -0.3 is 14.2 Å². The van der Waals surface area contributed by atoms with Crippen molar-refractivity contribution in [2.45, 2.75) is 13.5 Å². The van der Waals surface area contributed by atoms with Crippen LogP contribution in [0, 0.1) is 6.92 Å². The van der Waals surface area contributed by atoms with E-state index >= 15 is 0 Å². The first kappa shape index (κ1) is 20.4. The Bertz CT molecular complexity index is 998. The van der Waals surface area contributed by atoms with Crippen molar-refractivity contribution in [2.24, 2.45) is 0 Å². The van der Waals surface area contributed by atoms with E-state index in [-0.39, 0.29) is 12.5 Å². The van der Waals surface area contributed by atoms with Gasteiger partial charge in [-0.2, -0.15) is 4.98 Å². The minimum atomic E-state index is -0.000953. The molecule has 0 spiro atoms. The van der Waals surface area contributed by atoms with Gasteiger partial charge in [-0.05, 0) is 48.9 Å². The van der Waals surface area contributed by atoms with Gasteiger partial charge >= 0.3 is 0 Å². The average Bonchev–Trinajstić information content (AvgIpc) is 3.21. The maximum Gasteiger partial charge on any atom is 0.260 e. The van der Waals surface area contributed by atoms with Crippen LogP contribution < -0.4 is 4.74 Å². The highest BCUT2D eigenvalue weighted by atomic mass is 35.5. The normalized spacial score (nSPS) is 14.7. The van der Waals surface area contributed by atoms with Crippen molar-refractivity contribution < 1.29 is 14.1 Å². The highest BCUT2D eigenvalue weighted by molar-refractivity contribution is 6.30. The highest BCUT2D eigenvalue weighted by Crippen LogP contribution is 2.19. The van der Waals surface area contributed by atoms with Gasteiger partial charge in [0.05, 0.1) is 6.54 Å². The Morgan fingerprint density at radius 2 is 1.90 bits per heavy atom. The highest BCUT2D eigenvalue weighted by Gasteiger charge is 2.23. The predicted molar refractivity (Wildman–Crippen MR) is 113 cm³/mol. The molecule has 0 aliphatic carbocycles. The Morgan fingerprint density at radius 3 is 2.63 bits per heavy atom. The Balaban J connectivity index is 1.24. The van der Waals surface area contributed by atoms with E-state index in [1.54, 1.807) is 12.1 Å². The smallest absolute Gasteiger partial charge is 0.260 e. The summed E-state index contributed by atoms with van der Waals surface area (Å²) in [6.45, 7) is 5.39. The van der Waals surface area contributed by atoms with Crippen LogP contribution in [0.3, 0.4) is 0 Å². The molecule has 1 aromatic heterocycles. The molecule has 30 heavy (non-hydrogen) atoms. The number of aromatic nitrogens is 2. The van der Waals surface area contributed by atoms with Gasteiger partial charge in [-0.1, -0.05) is 28.9 Å². The van der Waals surface area contributed by atoms with Crippen molar-refractivity contribution in [3.63, 3.8) is 0 Å². The maximum atomic E-state index is 12.4. The molecule has 0 bridgehead atoms. The minimum absolute atomic E-state index is 0.000953. The number of hydrogen-bond acceptors (Lipinski definition) is 6. The van der Waals surface area contributed by atoms with E-state index in [0.717, 1.165) is 30.0 Å². The Morgan fingerprint density at radius 1 is 1.13 bits per heavy atom. The van der Waals surface area contributed by atoms with Crippen LogP contribution in [0.15, 0.2) is 53.1 Å². The first-order valence-corrected chi connectivity index (χ1v) is 10.2. The van der Waals surface area contributed by atoms with Gasteiger partial charge in [-0.25, -0.2) is 0 Å². The number of benzene rings is 2. The molecule has 1 aliphatic rings. The standard InChI is InChI=1S/C22H23ClN4O3/c1-16-3-2-4-19(13-16)29-15-21(28)27-11-9-26(10-12-27)14-20-24-22(25-30-20)17-5-7-18(23)8-6-17/h2-8,13H,9-12,14-15H2,1H3. The van der Waals surface area contributed by atoms with Crippen LogP contribution in [0.2, 0.25) is 5.02 Å². The molecular formula is C22H23ClN4O3. The van der Waals surface area contributed by atoms with E-state index < -0.39 is 0 Å². The number of halogens is 1. The van der Waals surface area contributed by atoms with Gasteiger partial charge in [0.25, 0.3) is 5.91 Å². The second-order valence-electron chi connectivity index (χ2n) is 7.28. The van der Waals surface area contributed by atoms with Crippen molar-refractivity contribution >= 4 is 17.5 Å². The molecule has 0 radical (unpaired) electrons.